The lowest BCUT2D eigenvalue weighted by molar-refractivity contribution is -0.137. The summed E-state index contributed by atoms with van der Waals surface area (Å²) in [5.41, 5.74) is 0.344. The minimum atomic E-state index is -0.327. The number of carbonyl (C=O) groups excluding carboxylic acids is 3. The minimum Gasteiger partial charge on any atom is -0.491 e. The van der Waals surface area contributed by atoms with Crippen LogP contribution in [0.3, 0.4) is 0 Å². The van der Waals surface area contributed by atoms with E-state index in [-0.39, 0.29) is 43.5 Å². The molecule has 0 aliphatic carbocycles. The number of hydrogen-bond donors (Lipinski definition) is 2. The molecule has 0 radical (unpaired) electrons. The highest BCUT2D eigenvalue weighted by Gasteiger charge is 2.20. The molecule has 0 saturated heterocycles. The van der Waals surface area contributed by atoms with Gasteiger partial charge < -0.3 is 20.3 Å². The van der Waals surface area contributed by atoms with Crippen molar-refractivity contribution in [2.24, 2.45) is 0 Å². The molecule has 31 heavy (non-hydrogen) atoms. The third kappa shape index (κ3) is 6.71. The number of halogens is 1. The molecule has 1 aliphatic rings. The topological polar surface area (TPSA) is 106 Å². The molecule has 10 heteroatoms. The van der Waals surface area contributed by atoms with E-state index in [1.54, 1.807) is 43.6 Å². The molecule has 0 bridgehead atoms. The van der Waals surface area contributed by atoms with Crippen molar-refractivity contribution in [3.8, 4) is 5.75 Å². The van der Waals surface area contributed by atoms with Crippen LogP contribution in [0.15, 0.2) is 36.7 Å². The summed E-state index contributed by atoms with van der Waals surface area (Å²) in [5.74, 6) is -0.354. The molecule has 2 aromatic rings. The maximum atomic E-state index is 12.7. The van der Waals surface area contributed by atoms with Gasteiger partial charge in [0.25, 0.3) is 5.91 Å². The molecule has 0 fully saturated rings. The molecular formula is C21H26ClN5O4. The molecule has 166 valence electrons. The number of nitrogens with zero attached hydrogens (tertiary/aromatic N) is 3. The predicted octanol–water partition coefficient (Wildman–Crippen LogP) is 1.47. The third-order valence-corrected chi connectivity index (χ3v) is 5.00. The molecule has 0 spiro atoms. The molecule has 9 nitrogen and oxygen atoms in total. The second kappa shape index (κ2) is 10.8. The molecule has 0 unspecified atom stereocenters. The fourth-order valence-electron chi connectivity index (χ4n) is 3.21. The Balaban J connectivity index is 1.70. The summed E-state index contributed by atoms with van der Waals surface area (Å²) < 4.78 is 7.29. The van der Waals surface area contributed by atoms with Gasteiger partial charge in [-0.1, -0.05) is 11.6 Å². The lowest BCUT2D eigenvalue weighted by Gasteiger charge is -2.23. The summed E-state index contributed by atoms with van der Waals surface area (Å²) in [6.07, 6.45) is 4.57. The van der Waals surface area contributed by atoms with Crippen LogP contribution < -0.4 is 15.4 Å². The quantitative estimate of drug-likeness (QED) is 0.725. The zero-order valence-corrected chi connectivity index (χ0v) is 18.1. The SMILES string of the molecule is C[C@@H]1COc2ccc(Cl)cc2C(=O)NCCCCN(C(=O)Cn2cccn2)CC(=O)N1. The number of fused-ring (bicyclic) bond motifs is 1. The van der Waals surface area contributed by atoms with Gasteiger partial charge >= 0.3 is 0 Å². The number of ether oxygens (including phenoxy) is 1. The summed E-state index contributed by atoms with van der Waals surface area (Å²) in [6, 6.07) is 6.26. The van der Waals surface area contributed by atoms with Crippen molar-refractivity contribution in [3.05, 3.63) is 47.2 Å². The first-order valence-electron chi connectivity index (χ1n) is 10.2. The van der Waals surface area contributed by atoms with Crippen LogP contribution in [0.5, 0.6) is 5.75 Å². The normalized spacial score (nSPS) is 18.6. The average Bonchev–Trinajstić information content (AvgIpc) is 3.23. The molecule has 1 aromatic heterocycles. The number of rotatable bonds is 2. The van der Waals surface area contributed by atoms with E-state index in [1.165, 1.54) is 9.58 Å². The smallest absolute Gasteiger partial charge is 0.255 e. The molecule has 2 N–H and O–H groups in total. The van der Waals surface area contributed by atoms with Crippen molar-refractivity contribution in [1.29, 1.82) is 0 Å². The van der Waals surface area contributed by atoms with Crippen LogP contribution in [0.1, 0.15) is 30.1 Å². The van der Waals surface area contributed by atoms with E-state index in [2.05, 4.69) is 15.7 Å². The lowest BCUT2D eigenvalue weighted by atomic mass is 10.2. The van der Waals surface area contributed by atoms with Crippen molar-refractivity contribution < 1.29 is 19.1 Å². The summed E-state index contributed by atoms with van der Waals surface area (Å²) in [4.78, 5) is 39.3. The van der Waals surface area contributed by atoms with E-state index in [0.717, 1.165) is 0 Å². The van der Waals surface area contributed by atoms with Gasteiger partial charge in [-0.25, -0.2) is 0 Å². The van der Waals surface area contributed by atoms with Gasteiger partial charge in [0, 0.05) is 30.5 Å². The standard InChI is InChI=1S/C21H26ClN5O4/c1-15-14-31-18-6-5-16(22)11-17(18)21(30)23-7-2-3-9-26(12-19(28)25-15)20(29)13-27-10-4-8-24-27/h4-6,8,10-11,15H,2-3,7,9,12-14H2,1H3,(H,23,30)(H,25,28)/t15-/m1/s1. The second-order valence-electron chi connectivity index (χ2n) is 7.40. The van der Waals surface area contributed by atoms with Gasteiger partial charge in [-0.3, -0.25) is 19.1 Å². The van der Waals surface area contributed by atoms with E-state index < -0.39 is 0 Å². The van der Waals surface area contributed by atoms with E-state index in [4.69, 9.17) is 16.3 Å². The van der Waals surface area contributed by atoms with Gasteiger partial charge in [-0.15, -0.1) is 0 Å². The van der Waals surface area contributed by atoms with Gasteiger partial charge in [0.1, 0.15) is 18.9 Å². The Morgan fingerprint density at radius 2 is 2.16 bits per heavy atom. The van der Waals surface area contributed by atoms with Crippen LogP contribution >= 0.6 is 11.6 Å². The Kier molecular flexibility index (Phi) is 7.88. The maximum absolute atomic E-state index is 12.7. The summed E-state index contributed by atoms with van der Waals surface area (Å²) >= 11 is 6.04. The first-order chi connectivity index (χ1) is 14.9. The van der Waals surface area contributed by atoms with E-state index >= 15 is 0 Å². The van der Waals surface area contributed by atoms with Crippen molar-refractivity contribution in [2.75, 3.05) is 26.2 Å². The number of nitrogens with one attached hydrogen (secondary N) is 2. The highest BCUT2D eigenvalue weighted by Crippen LogP contribution is 2.23. The zero-order valence-electron chi connectivity index (χ0n) is 17.3. The van der Waals surface area contributed by atoms with Crippen LogP contribution in [0.2, 0.25) is 5.02 Å². The molecule has 1 aliphatic heterocycles. The van der Waals surface area contributed by atoms with Gasteiger partial charge in [0.2, 0.25) is 11.8 Å². The van der Waals surface area contributed by atoms with Gasteiger partial charge in [0.15, 0.2) is 0 Å². The fraction of sp³-hybridized carbons (Fsp3) is 0.429. The fourth-order valence-corrected chi connectivity index (χ4v) is 3.38. The Labute approximate surface area is 185 Å². The number of carbonyl (C=O) groups is 3. The molecule has 1 aromatic carbocycles. The molecular weight excluding hydrogens is 422 g/mol. The maximum Gasteiger partial charge on any atom is 0.255 e. The Bertz CT molecular complexity index is 918. The lowest BCUT2D eigenvalue weighted by Crippen LogP contribution is -2.46. The molecule has 3 amide bonds. The van der Waals surface area contributed by atoms with Crippen molar-refractivity contribution in [3.63, 3.8) is 0 Å². The molecule has 1 atom stereocenters. The zero-order chi connectivity index (χ0) is 22.2. The van der Waals surface area contributed by atoms with Crippen LogP contribution in [-0.4, -0.2) is 64.7 Å². The molecule has 0 saturated carbocycles. The average molecular weight is 448 g/mol. The first-order valence-corrected chi connectivity index (χ1v) is 10.6. The molecule has 3 rings (SSSR count). The number of benzene rings is 1. The van der Waals surface area contributed by atoms with E-state index in [0.29, 0.717) is 42.3 Å². The van der Waals surface area contributed by atoms with Crippen molar-refractivity contribution in [1.82, 2.24) is 25.3 Å². The van der Waals surface area contributed by atoms with Gasteiger partial charge in [-0.05, 0) is 44.0 Å². The highest BCUT2D eigenvalue weighted by molar-refractivity contribution is 6.31. The minimum absolute atomic E-state index is 0.0526. The summed E-state index contributed by atoms with van der Waals surface area (Å²) in [5, 5.41) is 10.2. The predicted molar refractivity (Wildman–Crippen MR) is 115 cm³/mol. The molecule has 2 heterocycles. The monoisotopic (exact) mass is 447 g/mol. The van der Waals surface area contributed by atoms with Crippen LogP contribution in [-0.2, 0) is 16.1 Å². The van der Waals surface area contributed by atoms with Gasteiger partial charge in [0.05, 0.1) is 18.2 Å². The van der Waals surface area contributed by atoms with Crippen molar-refractivity contribution in [2.45, 2.75) is 32.4 Å². The Morgan fingerprint density at radius 1 is 1.32 bits per heavy atom. The Morgan fingerprint density at radius 3 is 2.94 bits per heavy atom. The second-order valence-corrected chi connectivity index (χ2v) is 7.84. The number of amides is 3. The summed E-state index contributed by atoms with van der Waals surface area (Å²) in [6.45, 7) is 2.79. The first kappa shape index (κ1) is 22.6. The number of aromatic nitrogens is 2. The van der Waals surface area contributed by atoms with E-state index in [1.807, 2.05) is 0 Å². The Hall–Kier alpha value is -3.07. The van der Waals surface area contributed by atoms with Crippen LogP contribution in [0.25, 0.3) is 0 Å². The largest absolute Gasteiger partial charge is 0.491 e. The van der Waals surface area contributed by atoms with Crippen LogP contribution in [0.4, 0.5) is 0 Å². The highest BCUT2D eigenvalue weighted by atomic mass is 35.5. The van der Waals surface area contributed by atoms with Crippen molar-refractivity contribution >= 4 is 29.3 Å². The number of hydrogen-bond acceptors (Lipinski definition) is 5. The van der Waals surface area contributed by atoms with Gasteiger partial charge in [-0.2, -0.15) is 5.10 Å². The summed E-state index contributed by atoms with van der Waals surface area (Å²) in [7, 11) is 0. The van der Waals surface area contributed by atoms with E-state index in [9.17, 15) is 14.4 Å². The third-order valence-electron chi connectivity index (χ3n) is 4.77. The van der Waals surface area contributed by atoms with Crippen LogP contribution in [0, 0.1) is 0 Å².